The second-order valence-corrected chi connectivity index (χ2v) is 3.57. The van der Waals surface area contributed by atoms with Crippen LogP contribution in [0.15, 0.2) is 30.6 Å². The Balaban J connectivity index is 2.17. The number of ether oxygens (including phenoxy) is 1. The molecule has 16 heavy (non-hydrogen) atoms. The molecule has 0 amide bonds. The van der Waals surface area contributed by atoms with E-state index < -0.39 is 0 Å². The summed E-state index contributed by atoms with van der Waals surface area (Å²) in [6, 6.07) is 7.48. The molecule has 0 saturated heterocycles. The quantitative estimate of drug-likeness (QED) is 0.744. The minimum Gasteiger partial charge on any atom is -0.449 e. The standard InChI is InChI=1S/C12H14N2O2/c1-2-3-8-16-12(15)14-9-13-10-6-4-5-7-11(10)14/h4-7,9H,2-3,8H2,1H3. The SMILES string of the molecule is CCCCOC(=O)n1cnc2ccccc21. The zero-order valence-electron chi connectivity index (χ0n) is 9.22. The monoisotopic (exact) mass is 218 g/mol. The van der Waals surface area contributed by atoms with Gasteiger partial charge in [-0.25, -0.2) is 14.3 Å². The molecule has 1 heterocycles. The molecule has 1 aromatic heterocycles. The van der Waals surface area contributed by atoms with Gasteiger partial charge < -0.3 is 4.74 Å². The van der Waals surface area contributed by atoms with Crippen LogP contribution >= 0.6 is 0 Å². The first-order valence-corrected chi connectivity index (χ1v) is 5.42. The van der Waals surface area contributed by atoms with Crippen LogP contribution in [-0.2, 0) is 4.74 Å². The highest BCUT2D eigenvalue weighted by atomic mass is 16.5. The molecule has 0 fully saturated rings. The van der Waals surface area contributed by atoms with Gasteiger partial charge in [0.05, 0.1) is 17.6 Å². The highest BCUT2D eigenvalue weighted by Gasteiger charge is 2.09. The van der Waals surface area contributed by atoms with E-state index in [0.29, 0.717) is 6.61 Å². The molecular formula is C12H14N2O2. The van der Waals surface area contributed by atoms with Crippen molar-refractivity contribution < 1.29 is 9.53 Å². The van der Waals surface area contributed by atoms with E-state index in [2.05, 4.69) is 11.9 Å². The van der Waals surface area contributed by atoms with Gasteiger partial charge in [-0.1, -0.05) is 25.5 Å². The van der Waals surface area contributed by atoms with Crippen molar-refractivity contribution in [2.75, 3.05) is 6.61 Å². The number of benzene rings is 1. The number of aromatic nitrogens is 2. The molecule has 1 aromatic carbocycles. The smallest absolute Gasteiger partial charge is 0.419 e. The molecular weight excluding hydrogens is 204 g/mol. The Morgan fingerprint density at radius 3 is 3.06 bits per heavy atom. The Hall–Kier alpha value is -1.84. The maximum absolute atomic E-state index is 11.7. The molecule has 0 radical (unpaired) electrons. The summed E-state index contributed by atoms with van der Waals surface area (Å²) in [7, 11) is 0. The van der Waals surface area contributed by atoms with Crippen molar-refractivity contribution >= 4 is 17.1 Å². The molecule has 0 aliphatic carbocycles. The number of rotatable bonds is 3. The first-order chi connectivity index (χ1) is 7.83. The molecule has 4 heteroatoms. The average Bonchev–Trinajstić information content (AvgIpc) is 2.73. The molecule has 2 aromatic rings. The van der Waals surface area contributed by atoms with Crippen LogP contribution in [-0.4, -0.2) is 22.3 Å². The van der Waals surface area contributed by atoms with E-state index >= 15 is 0 Å². The summed E-state index contributed by atoms with van der Waals surface area (Å²) in [6.45, 7) is 2.52. The molecule has 2 rings (SSSR count). The Labute approximate surface area is 93.9 Å². The second kappa shape index (κ2) is 4.79. The Morgan fingerprint density at radius 1 is 1.44 bits per heavy atom. The lowest BCUT2D eigenvalue weighted by Gasteiger charge is -2.04. The van der Waals surface area contributed by atoms with Gasteiger partial charge >= 0.3 is 6.09 Å². The first kappa shape index (κ1) is 10.7. The molecule has 4 nitrogen and oxygen atoms in total. The van der Waals surface area contributed by atoms with E-state index in [9.17, 15) is 4.79 Å². The molecule has 0 spiro atoms. The molecule has 0 aliphatic heterocycles. The summed E-state index contributed by atoms with van der Waals surface area (Å²) < 4.78 is 6.55. The average molecular weight is 218 g/mol. The molecule has 0 N–H and O–H groups in total. The maximum Gasteiger partial charge on any atom is 0.419 e. The van der Waals surface area contributed by atoms with E-state index in [-0.39, 0.29) is 6.09 Å². The molecule has 0 bridgehead atoms. The molecule has 0 aliphatic rings. The lowest BCUT2D eigenvalue weighted by atomic mass is 10.3. The summed E-state index contributed by atoms with van der Waals surface area (Å²) in [4.78, 5) is 15.8. The van der Waals surface area contributed by atoms with Crippen LogP contribution in [0.1, 0.15) is 19.8 Å². The van der Waals surface area contributed by atoms with Crippen LogP contribution in [0.4, 0.5) is 4.79 Å². The molecule has 0 atom stereocenters. The predicted molar refractivity (Wildman–Crippen MR) is 61.4 cm³/mol. The number of carbonyl (C=O) groups is 1. The van der Waals surface area contributed by atoms with Gasteiger partial charge in [-0.05, 0) is 18.6 Å². The second-order valence-electron chi connectivity index (χ2n) is 3.57. The molecule has 0 saturated carbocycles. The summed E-state index contributed by atoms with van der Waals surface area (Å²) >= 11 is 0. The summed E-state index contributed by atoms with van der Waals surface area (Å²) in [5.41, 5.74) is 1.58. The molecule has 84 valence electrons. The minimum atomic E-state index is -0.359. The third-order valence-electron chi connectivity index (χ3n) is 2.37. The maximum atomic E-state index is 11.7. The molecule has 0 unspecified atom stereocenters. The number of imidazole rings is 1. The van der Waals surface area contributed by atoms with E-state index in [0.717, 1.165) is 23.9 Å². The fraction of sp³-hybridized carbons (Fsp3) is 0.333. The number of para-hydroxylation sites is 2. The van der Waals surface area contributed by atoms with E-state index in [4.69, 9.17) is 4.74 Å². The Morgan fingerprint density at radius 2 is 2.25 bits per heavy atom. The zero-order valence-corrected chi connectivity index (χ0v) is 9.22. The highest BCUT2D eigenvalue weighted by Crippen LogP contribution is 2.11. The first-order valence-electron chi connectivity index (χ1n) is 5.42. The van der Waals surface area contributed by atoms with Crippen LogP contribution < -0.4 is 0 Å². The number of fused-ring (bicyclic) bond motifs is 1. The largest absolute Gasteiger partial charge is 0.449 e. The fourth-order valence-electron chi connectivity index (χ4n) is 1.48. The summed E-state index contributed by atoms with van der Waals surface area (Å²) in [5, 5.41) is 0. The summed E-state index contributed by atoms with van der Waals surface area (Å²) in [5.74, 6) is 0. The summed E-state index contributed by atoms with van der Waals surface area (Å²) in [6.07, 6.45) is 3.04. The Kier molecular flexibility index (Phi) is 3.19. The van der Waals surface area contributed by atoms with Gasteiger partial charge in [-0.3, -0.25) is 0 Å². The highest BCUT2D eigenvalue weighted by molar-refractivity contribution is 5.86. The van der Waals surface area contributed by atoms with Gasteiger partial charge in [0.25, 0.3) is 0 Å². The number of hydrogen-bond acceptors (Lipinski definition) is 3. The third-order valence-corrected chi connectivity index (χ3v) is 2.37. The van der Waals surface area contributed by atoms with Gasteiger partial charge in [0, 0.05) is 0 Å². The number of unbranched alkanes of at least 4 members (excludes halogenated alkanes) is 1. The van der Waals surface area contributed by atoms with Crippen LogP contribution in [0.2, 0.25) is 0 Å². The lowest BCUT2D eigenvalue weighted by molar-refractivity contribution is 0.147. The number of nitrogens with zero attached hydrogens (tertiary/aromatic N) is 2. The van der Waals surface area contributed by atoms with Crippen LogP contribution in [0.25, 0.3) is 11.0 Å². The normalized spacial score (nSPS) is 10.6. The topological polar surface area (TPSA) is 44.1 Å². The van der Waals surface area contributed by atoms with Crippen molar-refractivity contribution in [3.63, 3.8) is 0 Å². The van der Waals surface area contributed by atoms with Gasteiger partial charge in [-0.2, -0.15) is 0 Å². The van der Waals surface area contributed by atoms with Crippen LogP contribution in [0, 0.1) is 0 Å². The van der Waals surface area contributed by atoms with E-state index in [1.54, 1.807) is 0 Å². The Bertz CT molecular complexity index is 490. The predicted octanol–water partition coefficient (Wildman–Crippen LogP) is 2.82. The van der Waals surface area contributed by atoms with Crippen LogP contribution in [0.5, 0.6) is 0 Å². The lowest BCUT2D eigenvalue weighted by Crippen LogP contribution is -2.13. The van der Waals surface area contributed by atoms with Crippen molar-refractivity contribution in [2.45, 2.75) is 19.8 Å². The van der Waals surface area contributed by atoms with Crippen molar-refractivity contribution in [1.82, 2.24) is 9.55 Å². The van der Waals surface area contributed by atoms with Gasteiger partial charge in [0.2, 0.25) is 0 Å². The van der Waals surface area contributed by atoms with Crippen molar-refractivity contribution in [3.05, 3.63) is 30.6 Å². The minimum absolute atomic E-state index is 0.359. The van der Waals surface area contributed by atoms with E-state index in [1.807, 2.05) is 24.3 Å². The van der Waals surface area contributed by atoms with Crippen molar-refractivity contribution in [1.29, 1.82) is 0 Å². The van der Waals surface area contributed by atoms with Crippen molar-refractivity contribution in [2.24, 2.45) is 0 Å². The van der Waals surface area contributed by atoms with Gasteiger partial charge in [-0.15, -0.1) is 0 Å². The zero-order chi connectivity index (χ0) is 11.4. The van der Waals surface area contributed by atoms with Gasteiger partial charge in [0.15, 0.2) is 0 Å². The van der Waals surface area contributed by atoms with Crippen LogP contribution in [0.3, 0.4) is 0 Å². The number of carbonyl (C=O) groups excluding carboxylic acids is 1. The fourth-order valence-corrected chi connectivity index (χ4v) is 1.48. The third kappa shape index (κ3) is 2.05. The van der Waals surface area contributed by atoms with E-state index in [1.165, 1.54) is 10.9 Å². The number of hydrogen-bond donors (Lipinski definition) is 0. The van der Waals surface area contributed by atoms with Gasteiger partial charge in [0.1, 0.15) is 6.33 Å². The van der Waals surface area contributed by atoms with Crippen molar-refractivity contribution in [3.8, 4) is 0 Å².